The number of aliphatic hydroxyl groups excluding tert-OH is 5. The van der Waals surface area contributed by atoms with Crippen LogP contribution in [0.3, 0.4) is 0 Å². The van der Waals surface area contributed by atoms with Gasteiger partial charge in [-0.25, -0.2) is 0 Å². The molecule has 0 spiro atoms. The van der Waals surface area contributed by atoms with Crippen molar-refractivity contribution in [1.29, 1.82) is 0 Å². The fourth-order valence-corrected chi connectivity index (χ4v) is 9.01. The van der Waals surface area contributed by atoms with Gasteiger partial charge >= 0.3 is 5.97 Å². The van der Waals surface area contributed by atoms with Gasteiger partial charge in [0.25, 0.3) is 0 Å². The van der Waals surface area contributed by atoms with Gasteiger partial charge in [0.2, 0.25) is 5.91 Å². The van der Waals surface area contributed by atoms with E-state index in [0.717, 1.165) is 96.3 Å². The van der Waals surface area contributed by atoms with Crippen LogP contribution in [-0.4, -0.2) is 99.6 Å². The number of hydrogen-bond donors (Lipinski definition) is 6. The van der Waals surface area contributed by atoms with Crippen LogP contribution in [-0.2, 0) is 23.8 Å². The minimum atomic E-state index is -1.62. The number of aliphatic hydroxyl groups is 5. The van der Waals surface area contributed by atoms with Crippen molar-refractivity contribution < 1.29 is 49.3 Å². The van der Waals surface area contributed by atoms with E-state index in [1.54, 1.807) is 6.08 Å². The molecule has 11 nitrogen and oxygen atoms in total. The fourth-order valence-electron chi connectivity index (χ4n) is 9.01. The Bertz CT molecular complexity index is 1540. The van der Waals surface area contributed by atoms with Gasteiger partial charge in [-0.15, -0.1) is 0 Å². The average molecular weight is 1050 g/mol. The highest BCUT2D eigenvalue weighted by molar-refractivity contribution is 5.80. The molecule has 0 radical (unpaired) electrons. The van der Waals surface area contributed by atoms with E-state index < -0.39 is 67.4 Å². The Morgan fingerprint density at radius 1 is 0.547 bits per heavy atom. The van der Waals surface area contributed by atoms with Crippen molar-refractivity contribution in [3.8, 4) is 0 Å². The summed E-state index contributed by atoms with van der Waals surface area (Å²) in [5, 5.41) is 56.9. The number of carbonyl (C=O) groups is 2. The minimum Gasteiger partial charge on any atom is -0.454 e. The van der Waals surface area contributed by atoms with Gasteiger partial charge in [0.15, 0.2) is 12.4 Å². The molecule has 1 aliphatic rings. The molecule has 11 heteroatoms. The van der Waals surface area contributed by atoms with Crippen molar-refractivity contribution in [1.82, 2.24) is 5.32 Å². The number of carbonyl (C=O) groups excluding carboxylic acids is 2. The molecule has 1 heterocycles. The van der Waals surface area contributed by atoms with Crippen molar-refractivity contribution in [3.63, 3.8) is 0 Å². The van der Waals surface area contributed by atoms with Crippen LogP contribution in [0.1, 0.15) is 245 Å². The van der Waals surface area contributed by atoms with E-state index in [1.807, 2.05) is 30.4 Å². The van der Waals surface area contributed by atoms with Gasteiger partial charge in [-0.1, -0.05) is 241 Å². The molecule has 8 unspecified atom stereocenters. The minimum absolute atomic E-state index is 0.109. The summed E-state index contributed by atoms with van der Waals surface area (Å²) < 4.78 is 17.6. The topological polar surface area (TPSA) is 175 Å². The van der Waals surface area contributed by atoms with Crippen LogP contribution in [0.4, 0.5) is 0 Å². The van der Waals surface area contributed by atoms with Crippen LogP contribution < -0.4 is 5.32 Å². The first-order chi connectivity index (χ1) is 36.7. The molecule has 75 heavy (non-hydrogen) atoms. The van der Waals surface area contributed by atoms with Crippen LogP contribution in [0.15, 0.2) is 85.1 Å². The van der Waals surface area contributed by atoms with Gasteiger partial charge in [-0.3, -0.25) is 9.59 Å². The van der Waals surface area contributed by atoms with Gasteiger partial charge in [0.05, 0.1) is 25.4 Å². The van der Waals surface area contributed by atoms with Gasteiger partial charge in [0.1, 0.15) is 24.4 Å². The molecular weight excluding hydrogens is 943 g/mol. The molecule has 0 saturated carbocycles. The predicted molar refractivity (Wildman–Crippen MR) is 310 cm³/mol. The van der Waals surface area contributed by atoms with E-state index in [9.17, 15) is 35.1 Å². The number of ether oxygens (including phenoxy) is 3. The number of nitrogens with one attached hydrogen (secondary N) is 1. The van der Waals surface area contributed by atoms with Gasteiger partial charge in [-0.05, 0) is 83.5 Å². The average Bonchev–Trinajstić information content (AvgIpc) is 3.41. The first-order valence-corrected chi connectivity index (χ1v) is 30.4. The lowest BCUT2D eigenvalue weighted by molar-refractivity contribution is -0.305. The van der Waals surface area contributed by atoms with Crippen LogP contribution in [0.5, 0.6) is 0 Å². The summed E-state index contributed by atoms with van der Waals surface area (Å²) in [6.45, 7) is 5.60. The third-order valence-corrected chi connectivity index (χ3v) is 13.8. The van der Waals surface area contributed by atoms with Crippen molar-refractivity contribution in [3.05, 3.63) is 85.1 Å². The van der Waals surface area contributed by atoms with E-state index in [4.69, 9.17) is 14.2 Å². The molecule has 0 aromatic heterocycles. The maximum atomic E-state index is 13.4. The van der Waals surface area contributed by atoms with Crippen molar-refractivity contribution in [2.24, 2.45) is 0 Å². The van der Waals surface area contributed by atoms with Crippen molar-refractivity contribution >= 4 is 11.9 Å². The molecule has 1 rings (SSSR count). The Morgan fingerprint density at radius 2 is 1.01 bits per heavy atom. The highest BCUT2D eigenvalue weighted by Gasteiger charge is 2.47. The van der Waals surface area contributed by atoms with Gasteiger partial charge in [-0.2, -0.15) is 0 Å². The zero-order chi connectivity index (χ0) is 54.7. The number of esters is 1. The maximum absolute atomic E-state index is 13.4. The summed E-state index contributed by atoms with van der Waals surface area (Å²) >= 11 is 0. The van der Waals surface area contributed by atoms with Crippen LogP contribution in [0.25, 0.3) is 0 Å². The summed E-state index contributed by atoms with van der Waals surface area (Å²) in [5.74, 6) is -1.23. The summed E-state index contributed by atoms with van der Waals surface area (Å²) in [4.78, 5) is 26.5. The number of amides is 1. The second-order valence-electron chi connectivity index (χ2n) is 20.8. The van der Waals surface area contributed by atoms with Crippen LogP contribution >= 0.6 is 0 Å². The first kappa shape index (κ1) is 69.9. The monoisotopic (exact) mass is 1050 g/mol. The van der Waals surface area contributed by atoms with E-state index in [2.05, 4.69) is 74.7 Å². The Kier molecular flexibility index (Phi) is 48.0. The highest BCUT2D eigenvalue weighted by atomic mass is 16.7. The van der Waals surface area contributed by atoms with E-state index in [-0.39, 0.29) is 19.4 Å². The van der Waals surface area contributed by atoms with E-state index in [0.29, 0.717) is 12.8 Å². The molecule has 1 saturated heterocycles. The van der Waals surface area contributed by atoms with Crippen molar-refractivity contribution in [2.45, 2.75) is 294 Å². The van der Waals surface area contributed by atoms with Gasteiger partial charge < -0.3 is 45.1 Å². The van der Waals surface area contributed by atoms with Crippen LogP contribution in [0, 0.1) is 0 Å². The highest BCUT2D eigenvalue weighted by Crippen LogP contribution is 2.26. The third kappa shape index (κ3) is 39.8. The lowest BCUT2D eigenvalue weighted by Crippen LogP contribution is -2.61. The van der Waals surface area contributed by atoms with Crippen LogP contribution in [0.2, 0.25) is 0 Å². The quantitative estimate of drug-likeness (QED) is 0.0149. The molecular formula is C64H111NO10. The largest absolute Gasteiger partial charge is 0.454 e. The Balaban J connectivity index is 2.69. The lowest BCUT2D eigenvalue weighted by Gasteiger charge is -2.41. The number of unbranched alkanes of at least 4 members (excludes halogenated alkanes) is 26. The zero-order valence-corrected chi connectivity index (χ0v) is 47.6. The normalized spacial score (nSPS) is 19.8. The summed E-state index contributed by atoms with van der Waals surface area (Å²) in [7, 11) is 0. The maximum Gasteiger partial charge on any atom is 0.306 e. The number of allylic oxidation sites excluding steroid dienone is 13. The van der Waals surface area contributed by atoms with E-state index in [1.165, 1.54) is 103 Å². The standard InChI is InChI=1S/C64H111NO10/c1-4-7-10-13-16-19-22-25-26-27-28-29-30-31-32-34-37-40-43-46-49-52-59(69)75-62-61(71)60(70)58(53-66)74-64(62)73-54-55(56(67)50-47-44-41-38-36-33-23-20-17-14-11-8-5-2)65-63(72)57(68)51-48-45-42-39-35-24-21-18-15-12-9-6-3/h9,12,15-16,18-19,21,24-26,28-29,47,50,55-58,60-62,64,66-68,70-71H,4-8,10-11,13-14,17,20,22-23,27,30-46,48-49,51-54H2,1-3H3,(H,65,72)/b12-9+,18-15+,19-16-,24-21-,26-25-,29-28-,50-47+. The lowest BCUT2D eigenvalue weighted by atomic mass is 9.99. The Morgan fingerprint density at radius 3 is 1.57 bits per heavy atom. The molecule has 1 aliphatic heterocycles. The second-order valence-corrected chi connectivity index (χ2v) is 20.8. The Hall–Kier alpha value is -3.16. The molecule has 8 atom stereocenters. The SMILES string of the molecule is CC/C=C/C=C/C=C\CCCCCCC(O)C(=O)NC(COC1OC(CO)C(O)C(O)C1OC(=O)CCCCCCCCCC/C=C\C/C=C\C/C=C\CCCCC)C(O)/C=C/CCCCCCCCCCCCC. The predicted octanol–water partition coefficient (Wildman–Crippen LogP) is 14.2. The Labute approximate surface area is 457 Å². The zero-order valence-electron chi connectivity index (χ0n) is 47.6. The van der Waals surface area contributed by atoms with E-state index >= 15 is 0 Å². The van der Waals surface area contributed by atoms with Crippen molar-refractivity contribution in [2.75, 3.05) is 13.2 Å². The summed E-state index contributed by atoms with van der Waals surface area (Å²) in [5.41, 5.74) is 0. The fraction of sp³-hybridized carbons (Fsp3) is 0.750. The molecule has 0 bridgehead atoms. The number of rotatable bonds is 50. The second kappa shape index (κ2) is 51.6. The first-order valence-electron chi connectivity index (χ1n) is 30.4. The summed E-state index contributed by atoms with van der Waals surface area (Å²) in [6, 6.07) is -1.04. The number of hydrogen-bond acceptors (Lipinski definition) is 10. The molecule has 1 fully saturated rings. The molecule has 432 valence electrons. The van der Waals surface area contributed by atoms with Gasteiger partial charge in [0, 0.05) is 6.42 Å². The molecule has 0 aliphatic carbocycles. The molecule has 0 aromatic rings. The third-order valence-electron chi connectivity index (χ3n) is 13.8. The molecule has 0 aromatic carbocycles. The molecule has 6 N–H and O–H groups in total. The molecule has 1 amide bonds. The summed E-state index contributed by atoms with van der Waals surface area (Å²) in [6.07, 6.45) is 56.2. The smallest absolute Gasteiger partial charge is 0.306 e.